The number of carbonyl (C=O) groups excluding carboxylic acids is 2. The Kier molecular flexibility index (Phi) is 10.2. The maximum Gasteiger partial charge on any atom is 0.246 e. The lowest BCUT2D eigenvalue weighted by Crippen LogP contribution is -2.62. The summed E-state index contributed by atoms with van der Waals surface area (Å²) < 4.78 is 16.4. The number of nitrogens with zero attached hydrogens (tertiary/aromatic N) is 2. The summed E-state index contributed by atoms with van der Waals surface area (Å²) in [4.78, 5) is 29.8. The molecule has 0 radical (unpaired) electrons. The van der Waals surface area contributed by atoms with E-state index in [4.69, 9.17) is 14.2 Å². The van der Waals surface area contributed by atoms with E-state index >= 15 is 0 Å². The normalized spacial score (nSPS) is 17.8. The number of piperazine rings is 1. The van der Waals surface area contributed by atoms with Gasteiger partial charge in [-0.25, -0.2) is 0 Å². The second kappa shape index (κ2) is 13.4. The minimum Gasteiger partial charge on any atom is -0.493 e. The molecule has 0 saturated carbocycles. The van der Waals surface area contributed by atoms with Crippen LogP contribution >= 0.6 is 0 Å². The third-order valence-electron chi connectivity index (χ3n) is 7.34. The van der Waals surface area contributed by atoms with Crippen molar-refractivity contribution in [2.45, 2.75) is 77.4 Å². The number of unbranched alkanes of at least 4 members (excludes halogenated alkanes) is 5. The summed E-state index contributed by atoms with van der Waals surface area (Å²) in [5, 5.41) is 0. The second-order valence-electron chi connectivity index (χ2n) is 9.77. The standard InChI is InChI=1S/C30H42N2O5/c1-7-8-9-10-11-12-13-25-30(34)32(21(2)29(33)31(25)3)20-22-14-16-23(17-15-22)24-18-26(35-4)28(37-6)27(19-24)36-5/h14-19,21,25H,7-13,20H2,1-6H3/t21-,25?/m1/s1. The summed E-state index contributed by atoms with van der Waals surface area (Å²) in [6.45, 7) is 4.43. The number of amides is 2. The fraction of sp³-hybridized carbons (Fsp3) is 0.533. The van der Waals surface area contributed by atoms with Crippen LogP contribution in [-0.4, -0.2) is 62.1 Å². The highest BCUT2D eigenvalue weighted by atomic mass is 16.5. The molecule has 1 saturated heterocycles. The van der Waals surface area contributed by atoms with E-state index < -0.39 is 6.04 Å². The SMILES string of the molecule is CCCCCCCCC1C(=O)N(Cc2ccc(-c3cc(OC)c(OC)c(OC)c3)cc2)[C@H](C)C(=O)N1C. The molecule has 1 heterocycles. The van der Waals surface area contributed by atoms with Gasteiger partial charge in [-0.2, -0.15) is 0 Å². The first kappa shape index (κ1) is 28.4. The van der Waals surface area contributed by atoms with Gasteiger partial charge in [0, 0.05) is 13.6 Å². The molecule has 0 spiro atoms. The number of methoxy groups -OCH3 is 3. The Hall–Kier alpha value is -3.22. The van der Waals surface area contributed by atoms with E-state index in [1.807, 2.05) is 43.3 Å². The molecule has 1 unspecified atom stereocenters. The van der Waals surface area contributed by atoms with Crippen molar-refractivity contribution in [3.05, 3.63) is 42.0 Å². The number of ether oxygens (including phenoxy) is 3. The first-order valence-corrected chi connectivity index (χ1v) is 13.3. The van der Waals surface area contributed by atoms with Gasteiger partial charge in [0.05, 0.1) is 21.3 Å². The molecular weight excluding hydrogens is 468 g/mol. The van der Waals surface area contributed by atoms with Crippen LogP contribution in [0.2, 0.25) is 0 Å². The molecule has 7 heteroatoms. The molecule has 3 rings (SSSR count). The maximum atomic E-state index is 13.4. The van der Waals surface area contributed by atoms with E-state index in [2.05, 4.69) is 6.92 Å². The molecule has 37 heavy (non-hydrogen) atoms. The van der Waals surface area contributed by atoms with Gasteiger partial charge in [-0.3, -0.25) is 9.59 Å². The summed E-state index contributed by atoms with van der Waals surface area (Å²) in [6.07, 6.45) is 7.67. The van der Waals surface area contributed by atoms with Gasteiger partial charge < -0.3 is 24.0 Å². The highest BCUT2D eigenvalue weighted by Gasteiger charge is 2.41. The molecule has 1 aliphatic heterocycles. The van der Waals surface area contributed by atoms with Gasteiger partial charge in [0.1, 0.15) is 12.1 Å². The quantitative estimate of drug-likeness (QED) is 0.324. The predicted octanol–water partition coefficient (Wildman–Crippen LogP) is 5.69. The minimum atomic E-state index is -0.479. The molecule has 2 aromatic carbocycles. The van der Waals surface area contributed by atoms with Crippen molar-refractivity contribution in [2.24, 2.45) is 0 Å². The van der Waals surface area contributed by atoms with E-state index in [9.17, 15) is 9.59 Å². The van der Waals surface area contributed by atoms with Gasteiger partial charge in [0.2, 0.25) is 17.6 Å². The van der Waals surface area contributed by atoms with Gasteiger partial charge >= 0.3 is 0 Å². The third kappa shape index (κ3) is 6.56. The fourth-order valence-corrected chi connectivity index (χ4v) is 5.03. The first-order chi connectivity index (χ1) is 17.9. The van der Waals surface area contributed by atoms with Crippen molar-refractivity contribution < 1.29 is 23.8 Å². The van der Waals surface area contributed by atoms with E-state index in [0.29, 0.717) is 23.8 Å². The lowest BCUT2D eigenvalue weighted by Gasteiger charge is -2.42. The van der Waals surface area contributed by atoms with Crippen LogP contribution in [0.4, 0.5) is 0 Å². The second-order valence-corrected chi connectivity index (χ2v) is 9.77. The van der Waals surface area contributed by atoms with E-state index in [1.54, 1.807) is 38.2 Å². The first-order valence-electron chi connectivity index (χ1n) is 13.3. The Morgan fingerprint density at radius 3 is 1.95 bits per heavy atom. The summed E-state index contributed by atoms with van der Waals surface area (Å²) in [7, 11) is 6.54. The van der Waals surface area contributed by atoms with Gasteiger partial charge in [-0.05, 0) is 42.2 Å². The van der Waals surface area contributed by atoms with Crippen LogP contribution in [0.5, 0.6) is 17.2 Å². The van der Waals surface area contributed by atoms with Crippen LogP contribution in [0.1, 0.15) is 64.4 Å². The number of benzene rings is 2. The van der Waals surface area contributed by atoms with Crippen molar-refractivity contribution >= 4 is 11.8 Å². The van der Waals surface area contributed by atoms with Crippen LogP contribution in [0.3, 0.4) is 0 Å². The zero-order chi connectivity index (χ0) is 26.9. The van der Waals surface area contributed by atoms with Crippen molar-refractivity contribution in [3.8, 4) is 28.4 Å². The van der Waals surface area contributed by atoms with Gasteiger partial charge in [0.25, 0.3) is 0 Å². The highest BCUT2D eigenvalue weighted by Crippen LogP contribution is 2.41. The molecule has 2 amide bonds. The molecule has 7 nitrogen and oxygen atoms in total. The molecule has 0 N–H and O–H groups in total. The van der Waals surface area contributed by atoms with Crippen LogP contribution < -0.4 is 14.2 Å². The molecular formula is C30H42N2O5. The predicted molar refractivity (Wildman–Crippen MR) is 146 cm³/mol. The smallest absolute Gasteiger partial charge is 0.246 e. The molecule has 1 aliphatic rings. The van der Waals surface area contributed by atoms with E-state index in [-0.39, 0.29) is 17.9 Å². The number of hydrogen-bond acceptors (Lipinski definition) is 5. The molecule has 0 bridgehead atoms. The number of hydrogen-bond donors (Lipinski definition) is 0. The van der Waals surface area contributed by atoms with Gasteiger partial charge in [-0.15, -0.1) is 0 Å². The summed E-state index contributed by atoms with van der Waals surface area (Å²) in [6, 6.07) is 11.0. The number of likely N-dealkylation sites (N-methyl/N-ethyl adjacent to an activating group) is 1. The Morgan fingerprint density at radius 1 is 0.784 bits per heavy atom. The average Bonchev–Trinajstić information content (AvgIpc) is 2.92. The number of rotatable bonds is 13. The van der Waals surface area contributed by atoms with Crippen molar-refractivity contribution in [2.75, 3.05) is 28.4 Å². The Morgan fingerprint density at radius 2 is 1.38 bits per heavy atom. The van der Waals surface area contributed by atoms with Crippen molar-refractivity contribution in [3.63, 3.8) is 0 Å². The van der Waals surface area contributed by atoms with Gasteiger partial charge in [-0.1, -0.05) is 69.7 Å². The van der Waals surface area contributed by atoms with Gasteiger partial charge in [0.15, 0.2) is 11.5 Å². The van der Waals surface area contributed by atoms with Crippen LogP contribution in [0.15, 0.2) is 36.4 Å². The Balaban J connectivity index is 1.72. The van der Waals surface area contributed by atoms with Crippen molar-refractivity contribution in [1.82, 2.24) is 9.80 Å². The molecule has 1 fully saturated rings. The molecule has 0 aliphatic carbocycles. The molecule has 2 atom stereocenters. The zero-order valence-corrected chi connectivity index (χ0v) is 23.2. The molecule has 202 valence electrons. The average molecular weight is 511 g/mol. The lowest BCUT2D eigenvalue weighted by molar-refractivity contribution is -0.160. The monoisotopic (exact) mass is 510 g/mol. The summed E-state index contributed by atoms with van der Waals surface area (Å²) in [5.41, 5.74) is 2.89. The van der Waals surface area contributed by atoms with Crippen LogP contribution in [-0.2, 0) is 16.1 Å². The largest absolute Gasteiger partial charge is 0.493 e. The van der Waals surface area contributed by atoms with Crippen molar-refractivity contribution in [1.29, 1.82) is 0 Å². The highest BCUT2D eigenvalue weighted by molar-refractivity contribution is 5.96. The topological polar surface area (TPSA) is 68.3 Å². The third-order valence-corrected chi connectivity index (χ3v) is 7.34. The van der Waals surface area contributed by atoms with Crippen LogP contribution in [0, 0.1) is 0 Å². The maximum absolute atomic E-state index is 13.4. The summed E-state index contributed by atoms with van der Waals surface area (Å²) in [5.74, 6) is 1.77. The Labute approximate surface area is 221 Å². The summed E-state index contributed by atoms with van der Waals surface area (Å²) >= 11 is 0. The molecule has 0 aromatic heterocycles. The van der Waals surface area contributed by atoms with E-state index in [1.165, 1.54) is 25.7 Å². The zero-order valence-electron chi connectivity index (χ0n) is 23.2. The molecule has 2 aromatic rings. The minimum absolute atomic E-state index is 0.00428. The van der Waals surface area contributed by atoms with Crippen LogP contribution in [0.25, 0.3) is 11.1 Å². The van der Waals surface area contributed by atoms with E-state index in [0.717, 1.165) is 36.0 Å². The lowest BCUT2D eigenvalue weighted by atomic mass is 9.98. The Bertz CT molecular complexity index is 1030. The fourth-order valence-electron chi connectivity index (χ4n) is 5.03. The number of carbonyl (C=O) groups is 2.